The maximum atomic E-state index is 12.6. The van der Waals surface area contributed by atoms with Gasteiger partial charge in [-0.25, -0.2) is 0 Å². The number of aryl methyl sites for hydroxylation is 1. The van der Waals surface area contributed by atoms with Gasteiger partial charge in [0.2, 0.25) is 17.6 Å². The highest BCUT2D eigenvalue weighted by Gasteiger charge is 2.12. The molecule has 4 aromatic rings. The molecule has 0 bridgehead atoms. The fourth-order valence-electron chi connectivity index (χ4n) is 2.91. The molecule has 7 nitrogen and oxygen atoms in total. The molecule has 0 spiro atoms. The number of rotatable bonds is 7. The summed E-state index contributed by atoms with van der Waals surface area (Å²) in [4.78, 5) is 33.2. The minimum atomic E-state index is -0.208. The highest BCUT2D eigenvalue weighted by molar-refractivity contribution is 6.09. The molecular weight excluding hydrogens is 380 g/mol. The number of hydrogen-bond acceptors (Lipinski definition) is 6. The summed E-state index contributed by atoms with van der Waals surface area (Å²) in [5.41, 5.74) is 2.42. The summed E-state index contributed by atoms with van der Waals surface area (Å²) in [5, 5.41) is 6.72. The van der Waals surface area contributed by atoms with Gasteiger partial charge in [-0.15, -0.1) is 0 Å². The van der Waals surface area contributed by atoms with Crippen molar-refractivity contribution in [1.82, 2.24) is 15.1 Å². The van der Waals surface area contributed by atoms with E-state index in [-0.39, 0.29) is 18.1 Å². The van der Waals surface area contributed by atoms with E-state index in [9.17, 15) is 9.59 Å². The van der Waals surface area contributed by atoms with Crippen molar-refractivity contribution in [2.24, 2.45) is 0 Å². The van der Waals surface area contributed by atoms with E-state index < -0.39 is 0 Å². The van der Waals surface area contributed by atoms with Crippen molar-refractivity contribution in [3.05, 3.63) is 96.1 Å². The van der Waals surface area contributed by atoms with E-state index in [0.29, 0.717) is 35.0 Å². The molecule has 2 aromatic heterocycles. The fraction of sp³-hybridized carbons (Fsp3) is 0.0870. The van der Waals surface area contributed by atoms with Gasteiger partial charge >= 0.3 is 0 Å². The zero-order chi connectivity index (χ0) is 20.8. The Morgan fingerprint density at radius 2 is 1.77 bits per heavy atom. The van der Waals surface area contributed by atoms with Crippen molar-refractivity contribution in [2.75, 3.05) is 5.32 Å². The predicted molar refractivity (Wildman–Crippen MR) is 111 cm³/mol. The molecule has 0 fully saturated rings. The van der Waals surface area contributed by atoms with Crippen LogP contribution in [-0.2, 0) is 11.2 Å². The zero-order valence-electron chi connectivity index (χ0n) is 16.0. The second kappa shape index (κ2) is 8.91. The summed E-state index contributed by atoms with van der Waals surface area (Å²) < 4.78 is 5.21. The number of nitrogens with zero attached hydrogens (tertiary/aromatic N) is 3. The highest BCUT2D eigenvalue weighted by Crippen LogP contribution is 2.17. The van der Waals surface area contributed by atoms with Crippen molar-refractivity contribution < 1.29 is 14.1 Å². The molecule has 0 atom stereocenters. The van der Waals surface area contributed by atoms with E-state index in [1.54, 1.807) is 54.9 Å². The average Bonchev–Trinajstić information content (AvgIpc) is 3.28. The number of anilines is 1. The fourth-order valence-corrected chi connectivity index (χ4v) is 2.91. The van der Waals surface area contributed by atoms with E-state index in [2.05, 4.69) is 20.4 Å². The topological polar surface area (TPSA) is 98.0 Å². The number of amides is 1. The molecule has 0 aliphatic rings. The van der Waals surface area contributed by atoms with E-state index in [4.69, 9.17) is 4.52 Å². The lowest BCUT2D eigenvalue weighted by atomic mass is 10.0. The van der Waals surface area contributed by atoms with Crippen LogP contribution in [0.3, 0.4) is 0 Å². The Hall–Kier alpha value is -4.13. The summed E-state index contributed by atoms with van der Waals surface area (Å²) in [5.74, 6) is 0.503. The molecule has 1 amide bonds. The smallest absolute Gasteiger partial charge is 0.227 e. The normalized spacial score (nSPS) is 10.5. The Labute approximate surface area is 172 Å². The Morgan fingerprint density at radius 3 is 2.57 bits per heavy atom. The Kier molecular flexibility index (Phi) is 5.70. The SMILES string of the molecule is O=C(CCc1nc(-c2cccnc2)no1)Nc1cccc(C(=O)c2ccccc2)c1. The molecule has 1 N–H and O–H groups in total. The molecular formula is C23H18N4O3. The summed E-state index contributed by atoms with van der Waals surface area (Å²) in [6, 6.07) is 19.5. The largest absolute Gasteiger partial charge is 0.339 e. The number of carbonyl (C=O) groups excluding carboxylic acids is 2. The van der Waals surface area contributed by atoms with Crippen LogP contribution in [-0.4, -0.2) is 26.8 Å². The first-order valence-corrected chi connectivity index (χ1v) is 9.42. The molecule has 0 saturated carbocycles. The molecule has 0 aliphatic heterocycles. The molecule has 0 unspecified atom stereocenters. The van der Waals surface area contributed by atoms with Crippen LogP contribution < -0.4 is 5.32 Å². The van der Waals surface area contributed by atoms with E-state index >= 15 is 0 Å². The van der Waals surface area contributed by atoms with Crippen molar-refractivity contribution in [2.45, 2.75) is 12.8 Å². The van der Waals surface area contributed by atoms with Crippen LogP contribution in [0.25, 0.3) is 11.4 Å². The number of ketones is 1. The highest BCUT2D eigenvalue weighted by atomic mass is 16.5. The van der Waals surface area contributed by atoms with E-state index in [0.717, 1.165) is 5.56 Å². The summed E-state index contributed by atoms with van der Waals surface area (Å²) in [6.45, 7) is 0. The quantitative estimate of drug-likeness (QED) is 0.474. The van der Waals surface area contributed by atoms with Gasteiger partial charge in [0.05, 0.1) is 0 Å². The van der Waals surface area contributed by atoms with Crippen molar-refractivity contribution in [1.29, 1.82) is 0 Å². The van der Waals surface area contributed by atoms with Gasteiger partial charge in [0, 0.05) is 47.6 Å². The molecule has 30 heavy (non-hydrogen) atoms. The number of carbonyl (C=O) groups is 2. The molecule has 0 saturated heterocycles. The number of benzene rings is 2. The number of nitrogens with one attached hydrogen (secondary N) is 1. The molecule has 2 heterocycles. The van der Waals surface area contributed by atoms with E-state index in [1.807, 2.05) is 24.3 Å². The molecule has 0 radical (unpaired) electrons. The minimum absolute atomic E-state index is 0.0968. The van der Waals surface area contributed by atoms with Crippen LogP contribution in [0.5, 0.6) is 0 Å². The number of hydrogen-bond donors (Lipinski definition) is 1. The lowest BCUT2D eigenvalue weighted by Crippen LogP contribution is -2.13. The molecule has 7 heteroatoms. The minimum Gasteiger partial charge on any atom is -0.339 e. The van der Waals surface area contributed by atoms with Crippen LogP contribution in [0.15, 0.2) is 83.6 Å². The van der Waals surface area contributed by atoms with Gasteiger partial charge in [-0.1, -0.05) is 47.6 Å². The lowest BCUT2D eigenvalue weighted by molar-refractivity contribution is -0.116. The summed E-state index contributed by atoms with van der Waals surface area (Å²) >= 11 is 0. The standard InChI is InChI=1S/C23H18N4O3/c28-20(11-12-21-26-23(27-30-21)18-9-5-13-24-15-18)25-19-10-4-8-17(14-19)22(29)16-6-2-1-3-7-16/h1-10,13-15H,11-12H2,(H,25,28). The summed E-state index contributed by atoms with van der Waals surface area (Å²) in [7, 11) is 0. The third-order valence-corrected chi connectivity index (χ3v) is 4.40. The Bertz CT molecular complexity index is 1160. The summed E-state index contributed by atoms with van der Waals surface area (Å²) in [6.07, 6.45) is 3.79. The first-order chi connectivity index (χ1) is 14.7. The first-order valence-electron chi connectivity index (χ1n) is 9.42. The maximum Gasteiger partial charge on any atom is 0.227 e. The monoisotopic (exact) mass is 398 g/mol. The molecule has 0 aliphatic carbocycles. The second-order valence-corrected chi connectivity index (χ2v) is 6.58. The van der Waals surface area contributed by atoms with Crippen molar-refractivity contribution >= 4 is 17.4 Å². The number of pyridine rings is 1. The van der Waals surface area contributed by atoms with Crippen LogP contribution in [0.4, 0.5) is 5.69 Å². The zero-order valence-corrected chi connectivity index (χ0v) is 16.0. The third-order valence-electron chi connectivity index (χ3n) is 4.40. The van der Waals surface area contributed by atoms with Gasteiger partial charge in [-0.3, -0.25) is 14.6 Å². The van der Waals surface area contributed by atoms with Crippen LogP contribution in [0.1, 0.15) is 28.2 Å². The predicted octanol–water partition coefficient (Wildman–Crippen LogP) is 3.93. The van der Waals surface area contributed by atoms with Gasteiger partial charge in [0.25, 0.3) is 0 Å². The van der Waals surface area contributed by atoms with E-state index in [1.165, 1.54) is 0 Å². The van der Waals surface area contributed by atoms with Gasteiger partial charge < -0.3 is 9.84 Å². The second-order valence-electron chi connectivity index (χ2n) is 6.58. The average molecular weight is 398 g/mol. The molecule has 4 rings (SSSR count). The third kappa shape index (κ3) is 4.64. The Balaban J connectivity index is 1.36. The van der Waals surface area contributed by atoms with Crippen LogP contribution >= 0.6 is 0 Å². The van der Waals surface area contributed by atoms with Gasteiger partial charge in [0.1, 0.15) is 0 Å². The van der Waals surface area contributed by atoms with Gasteiger partial charge in [-0.05, 0) is 24.3 Å². The first kappa shape index (κ1) is 19.2. The maximum absolute atomic E-state index is 12.6. The molecule has 2 aromatic carbocycles. The molecule has 148 valence electrons. The van der Waals surface area contributed by atoms with Crippen molar-refractivity contribution in [3.63, 3.8) is 0 Å². The lowest BCUT2D eigenvalue weighted by Gasteiger charge is -2.07. The van der Waals surface area contributed by atoms with Gasteiger partial charge in [0.15, 0.2) is 5.78 Å². The Morgan fingerprint density at radius 1 is 0.933 bits per heavy atom. The van der Waals surface area contributed by atoms with Crippen LogP contribution in [0, 0.1) is 0 Å². The number of aromatic nitrogens is 3. The van der Waals surface area contributed by atoms with Crippen molar-refractivity contribution in [3.8, 4) is 11.4 Å². The van der Waals surface area contributed by atoms with Crippen LogP contribution in [0.2, 0.25) is 0 Å². The van der Waals surface area contributed by atoms with Gasteiger partial charge in [-0.2, -0.15) is 4.98 Å².